The van der Waals surface area contributed by atoms with Gasteiger partial charge in [-0.2, -0.15) is 0 Å². The Balaban J connectivity index is 2.73. The van der Waals surface area contributed by atoms with Crippen LogP contribution in [0, 0.1) is 0 Å². The molecule has 2 unspecified atom stereocenters. The van der Waals surface area contributed by atoms with Gasteiger partial charge < -0.3 is 13.6 Å². The predicted octanol–water partition coefficient (Wildman–Crippen LogP) is 4.07. The van der Waals surface area contributed by atoms with E-state index in [1.807, 2.05) is 34.6 Å². The molecule has 0 bridgehead atoms. The molecule has 0 radical (unpaired) electrons. The van der Waals surface area contributed by atoms with E-state index in [9.17, 15) is 0 Å². The van der Waals surface area contributed by atoms with Gasteiger partial charge in [-0.25, -0.2) is 0 Å². The molecule has 0 aliphatic carbocycles. The SMILES string of the molecule is CCO[Si](C)(OCC)C(CC)OC(CC)OC1(CC)OC(CC)O1. The molecule has 24 heavy (non-hydrogen) atoms. The minimum absolute atomic E-state index is 0.113. The molecule has 0 spiro atoms. The van der Waals surface area contributed by atoms with Crippen LogP contribution in [0.25, 0.3) is 0 Å². The maximum atomic E-state index is 6.25. The van der Waals surface area contributed by atoms with Crippen molar-refractivity contribution in [3.8, 4) is 0 Å². The molecule has 1 fully saturated rings. The molecule has 1 saturated heterocycles. The van der Waals surface area contributed by atoms with Gasteiger partial charge in [0.1, 0.15) is 5.73 Å². The van der Waals surface area contributed by atoms with Crippen molar-refractivity contribution in [1.82, 2.24) is 0 Å². The Hall–Kier alpha value is -0.0231. The van der Waals surface area contributed by atoms with Gasteiger partial charge in [0, 0.05) is 19.6 Å². The third-order valence-corrected chi connectivity index (χ3v) is 7.60. The molecular formula is C17H36O6Si. The summed E-state index contributed by atoms with van der Waals surface area (Å²) in [6.45, 7) is 15.4. The summed E-state index contributed by atoms with van der Waals surface area (Å²) in [5.41, 5.74) is -0.113. The summed E-state index contributed by atoms with van der Waals surface area (Å²) in [6.07, 6.45) is 2.33. The molecule has 1 aliphatic heterocycles. The Bertz CT molecular complexity index is 342. The molecule has 7 heteroatoms. The summed E-state index contributed by atoms with van der Waals surface area (Å²) < 4.78 is 35.8. The van der Waals surface area contributed by atoms with Crippen LogP contribution in [-0.2, 0) is 27.8 Å². The lowest BCUT2D eigenvalue weighted by atomic mass is 10.3. The lowest BCUT2D eigenvalue weighted by molar-refractivity contribution is -0.559. The third kappa shape index (κ3) is 5.49. The largest absolute Gasteiger partial charge is 0.393 e. The van der Waals surface area contributed by atoms with Crippen LogP contribution in [0.2, 0.25) is 6.55 Å². The minimum atomic E-state index is -2.44. The second kappa shape index (κ2) is 10.2. The average molecular weight is 365 g/mol. The van der Waals surface area contributed by atoms with Crippen LogP contribution in [0.1, 0.15) is 67.2 Å². The molecule has 0 N–H and O–H groups in total. The summed E-state index contributed by atoms with van der Waals surface area (Å²) >= 11 is 0. The van der Waals surface area contributed by atoms with Crippen molar-refractivity contribution in [2.75, 3.05) is 13.2 Å². The van der Waals surface area contributed by atoms with Crippen molar-refractivity contribution in [1.29, 1.82) is 0 Å². The lowest BCUT2D eigenvalue weighted by Gasteiger charge is -2.47. The molecular weight excluding hydrogens is 328 g/mol. The van der Waals surface area contributed by atoms with Crippen LogP contribution < -0.4 is 0 Å². The zero-order valence-electron chi connectivity index (χ0n) is 16.4. The van der Waals surface area contributed by atoms with Gasteiger partial charge in [-0.1, -0.05) is 27.7 Å². The normalized spacial score (nSPS) is 26.9. The lowest BCUT2D eigenvalue weighted by Crippen LogP contribution is -2.58. The molecule has 0 aromatic carbocycles. The van der Waals surface area contributed by atoms with Gasteiger partial charge in [0.15, 0.2) is 12.6 Å². The maximum Gasteiger partial charge on any atom is 0.364 e. The monoisotopic (exact) mass is 364 g/mol. The minimum Gasteiger partial charge on any atom is -0.393 e. The highest BCUT2D eigenvalue weighted by atomic mass is 28.4. The van der Waals surface area contributed by atoms with E-state index in [1.165, 1.54) is 0 Å². The summed E-state index contributed by atoms with van der Waals surface area (Å²) in [5.74, 6) is -0.977. The predicted molar refractivity (Wildman–Crippen MR) is 94.5 cm³/mol. The van der Waals surface area contributed by atoms with E-state index in [2.05, 4.69) is 13.5 Å². The molecule has 0 amide bonds. The fraction of sp³-hybridized carbons (Fsp3) is 1.00. The first-order valence-corrected chi connectivity index (χ1v) is 11.8. The van der Waals surface area contributed by atoms with E-state index in [4.69, 9.17) is 27.8 Å². The number of ether oxygens (including phenoxy) is 4. The van der Waals surface area contributed by atoms with E-state index in [1.54, 1.807) is 0 Å². The maximum absolute atomic E-state index is 6.25. The van der Waals surface area contributed by atoms with E-state index >= 15 is 0 Å². The highest BCUT2D eigenvalue weighted by molar-refractivity contribution is 6.67. The second-order valence-electron chi connectivity index (χ2n) is 5.98. The van der Waals surface area contributed by atoms with Crippen molar-refractivity contribution in [2.45, 2.75) is 98.1 Å². The zero-order valence-corrected chi connectivity index (χ0v) is 17.4. The molecule has 2 atom stereocenters. The Morgan fingerprint density at radius 3 is 1.92 bits per heavy atom. The highest BCUT2D eigenvalue weighted by Crippen LogP contribution is 2.37. The van der Waals surface area contributed by atoms with Crippen molar-refractivity contribution in [3.05, 3.63) is 0 Å². The number of rotatable bonds is 13. The molecule has 144 valence electrons. The van der Waals surface area contributed by atoms with Gasteiger partial charge in [0.2, 0.25) is 0 Å². The van der Waals surface area contributed by atoms with Crippen LogP contribution >= 0.6 is 0 Å². The van der Waals surface area contributed by atoms with Crippen molar-refractivity contribution in [3.63, 3.8) is 0 Å². The van der Waals surface area contributed by atoms with Gasteiger partial charge in [0.25, 0.3) is 5.97 Å². The fourth-order valence-electron chi connectivity index (χ4n) is 2.86. The van der Waals surface area contributed by atoms with E-state index in [0.717, 1.165) is 12.8 Å². The Morgan fingerprint density at radius 2 is 1.54 bits per heavy atom. The van der Waals surface area contributed by atoms with Gasteiger partial charge in [-0.3, -0.25) is 14.2 Å². The average Bonchev–Trinajstić information content (AvgIpc) is 2.54. The fourth-order valence-corrected chi connectivity index (χ4v) is 5.61. The Morgan fingerprint density at radius 1 is 0.958 bits per heavy atom. The number of hydrogen-bond donors (Lipinski definition) is 0. The summed E-state index contributed by atoms with van der Waals surface area (Å²) in [5, 5.41) is 0. The zero-order chi connectivity index (χ0) is 18.2. The molecule has 1 heterocycles. The first-order valence-electron chi connectivity index (χ1n) is 9.39. The van der Waals surface area contributed by atoms with Crippen LogP contribution in [0.3, 0.4) is 0 Å². The van der Waals surface area contributed by atoms with E-state index in [0.29, 0.717) is 26.1 Å². The topological polar surface area (TPSA) is 55.4 Å². The van der Waals surface area contributed by atoms with Crippen molar-refractivity contribution >= 4 is 8.56 Å². The summed E-state index contributed by atoms with van der Waals surface area (Å²) in [7, 11) is -2.44. The smallest absolute Gasteiger partial charge is 0.364 e. The van der Waals surface area contributed by atoms with Crippen LogP contribution in [0.5, 0.6) is 0 Å². The summed E-state index contributed by atoms with van der Waals surface area (Å²) in [4.78, 5) is 0. The summed E-state index contributed by atoms with van der Waals surface area (Å²) in [6, 6.07) is 0. The first kappa shape index (κ1) is 22.0. The quantitative estimate of drug-likeness (QED) is 0.363. The standard InChI is InChI=1S/C17H36O6Si/c1-8-14(21-17(11-4)22-15(9-2)23-17)20-16(10-3)24(7,18-12-5)19-13-6/h14-16H,8-13H2,1-7H3. The second-order valence-corrected chi connectivity index (χ2v) is 9.23. The Kier molecular flexibility index (Phi) is 9.36. The first-order chi connectivity index (χ1) is 11.4. The van der Waals surface area contributed by atoms with Crippen molar-refractivity contribution in [2.24, 2.45) is 0 Å². The Labute approximate surface area is 148 Å². The molecule has 1 aliphatic rings. The van der Waals surface area contributed by atoms with Crippen LogP contribution in [0.15, 0.2) is 0 Å². The van der Waals surface area contributed by atoms with Crippen LogP contribution in [-0.4, -0.2) is 46.1 Å². The van der Waals surface area contributed by atoms with E-state index < -0.39 is 20.8 Å². The van der Waals surface area contributed by atoms with Gasteiger partial charge in [-0.05, 0) is 39.7 Å². The number of hydrogen-bond acceptors (Lipinski definition) is 6. The van der Waals surface area contributed by atoms with Crippen LogP contribution in [0.4, 0.5) is 0 Å². The molecule has 0 saturated carbocycles. The molecule has 1 rings (SSSR count). The molecule has 0 aromatic rings. The molecule has 6 nitrogen and oxygen atoms in total. The van der Waals surface area contributed by atoms with Crippen molar-refractivity contribution < 1.29 is 27.8 Å². The van der Waals surface area contributed by atoms with E-state index in [-0.39, 0.29) is 12.0 Å². The van der Waals surface area contributed by atoms with Gasteiger partial charge >= 0.3 is 8.56 Å². The third-order valence-electron chi connectivity index (χ3n) is 4.17. The highest BCUT2D eigenvalue weighted by Gasteiger charge is 2.49. The van der Waals surface area contributed by atoms with Gasteiger partial charge in [-0.15, -0.1) is 0 Å². The van der Waals surface area contributed by atoms with Gasteiger partial charge in [0.05, 0.1) is 0 Å². The molecule has 0 aromatic heterocycles.